The molecule has 1 N–H and O–H groups in total. The van der Waals surface area contributed by atoms with Gasteiger partial charge in [0.15, 0.2) is 0 Å². The molecule has 1 saturated heterocycles. The first-order valence-electron chi connectivity index (χ1n) is 6.88. The molecular weight excluding hydrogens is 243 g/mol. The fourth-order valence-electron chi connectivity index (χ4n) is 2.49. The number of rotatable bonds is 4. The molecule has 0 aliphatic carbocycles. The molecule has 1 unspecified atom stereocenters. The SMILES string of the molecule is CN(CCC1CCCNC1)C(=O)c1cccc(F)c1. The lowest BCUT2D eigenvalue weighted by Crippen LogP contribution is -2.34. The van der Waals surface area contributed by atoms with Gasteiger partial charge in [-0.2, -0.15) is 0 Å². The van der Waals surface area contributed by atoms with Crippen molar-refractivity contribution in [3.05, 3.63) is 35.6 Å². The summed E-state index contributed by atoms with van der Waals surface area (Å²) in [7, 11) is 1.78. The minimum atomic E-state index is -0.365. The van der Waals surface area contributed by atoms with E-state index < -0.39 is 0 Å². The Labute approximate surface area is 113 Å². The van der Waals surface area contributed by atoms with Crippen LogP contribution in [0.1, 0.15) is 29.6 Å². The molecule has 4 heteroatoms. The molecule has 0 spiro atoms. The second-order valence-electron chi connectivity index (χ2n) is 5.24. The van der Waals surface area contributed by atoms with Gasteiger partial charge in [-0.05, 0) is 56.5 Å². The monoisotopic (exact) mass is 264 g/mol. The van der Waals surface area contributed by atoms with Crippen LogP contribution in [0.15, 0.2) is 24.3 Å². The van der Waals surface area contributed by atoms with Crippen molar-refractivity contribution >= 4 is 5.91 Å². The predicted octanol–water partition coefficient (Wildman–Crippen LogP) is 2.29. The van der Waals surface area contributed by atoms with E-state index in [4.69, 9.17) is 0 Å². The van der Waals surface area contributed by atoms with E-state index in [9.17, 15) is 9.18 Å². The van der Waals surface area contributed by atoms with Gasteiger partial charge in [0, 0.05) is 19.2 Å². The second kappa shape index (κ2) is 6.66. The summed E-state index contributed by atoms with van der Waals surface area (Å²) in [6.07, 6.45) is 3.45. The topological polar surface area (TPSA) is 32.3 Å². The third kappa shape index (κ3) is 4.03. The molecule has 3 nitrogen and oxygen atoms in total. The van der Waals surface area contributed by atoms with Crippen molar-refractivity contribution in [2.24, 2.45) is 5.92 Å². The first kappa shape index (κ1) is 14.0. The number of carbonyl (C=O) groups is 1. The van der Waals surface area contributed by atoms with Crippen LogP contribution < -0.4 is 5.32 Å². The summed E-state index contributed by atoms with van der Waals surface area (Å²) >= 11 is 0. The van der Waals surface area contributed by atoms with Crippen molar-refractivity contribution in [2.75, 3.05) is 26.7 Å². The first-order chi connectivity index (χ1) is 9.16. The lowest BCUT2D eigenvalue weighted by molar-refractivity contribution is 0.0784. The standard InChI is InChI=1S/C15H21FN2O/c1-18(9-7-12-4-3-8-17-11-12)15(19)13-5-2-6-14(16)10-13/h2,5-6,10,12,17H,3-4,7-9,11H2,1H3. The molecule has 1 amide bonds. The number of halogens is 1. The zero-order valence-electron chi connectivity index (χ0n) is 11.4. The zero-order valence-corrected chi connectivity index (χ0v) is 11.4. The summed E-state index contributed by atoms with van der Waals surface area (Å²) in [6, 6.07) is 5.87. The minimum absolute atomic E-state index is 0.108. The van der Waals surface area contributed by atoms with Crippen LogP contribution in [-0.2, 0) is 0 Å². The third-order valence-electron chi connectivity index (χ3n) is 3.69. The summed E-state index contributed by atoms with van der Waals surface area (Å²) in [6.45, 7) is 2.87. The number of piperidine rings is 1. The normalized spacial score (nSPS) is 19.2. The van der Waals surface area contributed by atoms with Crippen LogP contribution in [0.5, 0.6) is 0 Å². The number of carbonyl (C=O) groups excluding carboxylic acids is 1. The molecule has 1 aromatic rings. The summed E-state index contributed by atoms with van der Waals surface area (Å²) in [5, 5.41) is 3.37. The molecule has 0 saturated carbocycles. The Morgan fingerprint density at radius 2 is 2.37 bits per heavy atom. The summed E-state index contributed by atoms with van der Waals surface area (Å²) in [5.41, 5.74) is 0.421. The summed E-state index contributed by atoms with van der Waals surface area (Å²) in [4.78, 5) is 13.8. The van der Waals surface area contributed by atoms with E-state index >= 15 is 0 Å². The smallest absolute Gasteiger partial charge is 0.253 e. The van der Waals surface area contributed by atoms with Crippen LogP contribution in [0.3, 0.4) is 0 Å². The zero-order chi connectivity index (χ0) is 13.7. The predicted molar refractivity (Wildman–Crippen MR) is 73.6 cm³/mol. The van der Waals surface area contributed by atoms with E-state index in [2.05, 4.69) is 5.32 Å². The van der Waals surface area contributed by atoms with Crippen LogP contribution in [0.4, 0.5) is 4.39 Å². The number of amides is 1. The third-order valence-corrected chi connectivity index (χ3v) is 3.69. The van der Waals surface area contributed by atoms with Crippen molar-refractivity contribution in [3.8, 4) is 0 Å². The quantitative estimate of drug-likeness (QED) is 0.905. The molecule has 0 aromatic heterocycles. The molecule has 1 fully saturated rings. The van der Waals surface area contributed by atoms with Gasteiger partial charge in [-0.1, -0.05) is 6.07 Å². The maximum Gasteiger partial charge on any atom is 0.253 e. The van der Waals surface area contributed by atoms with Gasteiger partial charge in [-0.25, -0.2) is 4.39 Å². The molecule has 1 aliphatic heterocycles. The molecule has 0 radical (unpaired) electrons. The Balaban J connectivity index is 1.85. The number of hydrogen-bond acceptors (Lipinski definition) is 2. The van der Waals surface area contributed by atoms with Crippen molar-refractivity contribution in [1.29, 1.82) is 0 Å². The molecule has 1 heterocycles. The van der Waals surface area contributed by atoms with Crippen LogP contribution in [0.2, 0.25) is 0 Å². The van der Waals surface area contributed by atoms with Crippen LogP contribution in [0.25, 0.3) is 0 Å². The van der Waals surface area contributed by atoms with Crippen molar-refractivity contribution < 1.29 is 9.18 Å². The Morgan fingerprint density at radius 3 is 3.05 bits per heavy atom. The Morgan fingerprint density at radius 1 is 1.53 bits per heavy atom. The van der Waals surface area contributed by atoms with E-state index in [-0.39, 0.29) is 11.7 Å². The van der Waals surface area contributed by atoms with Gasteiger partial charge in [0.25, 0.3) is 5.91 Å². The highest BCUT2D eigenvalue weighted by atomic mass is 19.1. The average molecular weight is 264 g/mol. The van der Waals surface area contributed by atoms with Crippen LogP contribution in [0, 0.1) is 11.7 Å². The van der Waals surface area contributed by atoms with Crippen LogP contribution in [-0.4, -0.2) is 37.5 Å². The van der Waals surface area contributed by atoms with E-state index in [1.807, 2.05) is 0 Å². The van der Waals surface area contributed by atoms with Crippen molar-refractivity contribution in [2.45, 2.75) is 19.3 Å². The summed E-state index contributed by atoms with van der Waals surface area (Å²) < 4.78 is 13.1. The highest BCUT2D eigenvalue weighted by Gasteiger charge is 2.16. The second-order valence-corrected chi connectivity index (χ2v) is 5.24. The molecule has 1 atom stereocenters. The van der Waals surface area contributed by atoms with E-state index in [1.54, 1.807) is 24.1 Å². The maximum absolute atomic E-state index is 13.1. The van der Waals surface area contributed by atoms with Gasteiger partial charge in [-0.15, -0.1) is 0 Å². The fourth-order valence-corrected chi connectivity index (χ4v) is 2.49. The van der Waals surface area contributed by atoms with Crippen molar-refractivity contribution in [3.63, 3.8) is 0 Å². The lowest BCUT2D eigenvalue weighted by Gasteiger charge is -2.25. The molecule has 19 heavy (non-hydrogen) atoms. The van der Waals surface area contributed by atoms with E-state index in [0.29, 0.717) is 11.5 Å². The molecular formula is C15H21FN2O. The molecule has 104 valence electrons. The highest BCUT2D eigenvalue weighted by Crippen LogP contribution is 2.15. The van der Waals surface area contributed by atoms with Crippen molar-refractivity contribution in [1.82, 2.24) is 10.2 Å². The maximum atomic E-state index is 13.1. The number of hydrogen-bond donors (Lipinski definition) is 1. The van der Waals surface area contributed by atoms with Gasteiger partial charge >= 0.3 is 0 Å². The lowest BCUT2D eigenvalue weighted by atomic mass is 9.96. The molecule has 1 aromatic carbocycles. The molecule has 2 rings (SSSR count). The first-order valence-corrected chi connectivity index (χ1v) is 6.88. The highest BCUT2D eigenvalue weighted by molar-refractivity contribution is 5.94. The Bertz CT molecular complexity index is 430. The summed E-state index contributed by atoms with van der Waals surface area (Å²) in [5.74, 6) is 0.176. The van der Waals surface area contributed by atoms with Crippen LogP contribution >= 0.6 is 0 Å². The largest absolute Gasteiger partial charge is 0.342 e. The van der Waals surface area contributed by atoms with Gasteiger partial charge in [0.05, 0.1) is 0 Å². The number of nitrogens with one attached hydrogen (secondary N) is 1. The van der Waals surface area contributed by atoms with Gasteiger partial charge in [0.2, 0.25) is 0 Å². The van der Waals surface area contributed by atoms with Gasteiger partial charge in [-0.3, -0.25) is 4.79 Å². The fraction of sp³-hybridized carbons (Fsp3) is 0.533. The Kier molecular flexibility index (Phi) is 4.91. The molecule has 1 aliphatic rings. The van der Waals surface area contributed by atoms with E-state index in [1.165, 1.54) is 25.0 Å². The van der Waals surface area contributed by atoms with Gasteiger partial charge < -0.3 is 10.2 Å². The Hall–Kier alpha value is -1.42. The number of benzene rings is 1. The van der Waals surface area contributed by atoms with E-state index in [0.717, 1.165) is 26.1 Å². The van der Waals surface area contributed by atoms with Gasteiger partial charge in [0.1, 0.15) is 5.82 Å². The minimum Gasteiger partial charge on any atom is -0.342 e. The average Bonchev–Trinajstić information content (AvgIpc) is 2.45. The number of nitrogens with zero attached hydrogens (tertiary/aromatic N) is 1. The molecule has 0 bridgehead atoms.